The van der Waals surface area contributed by atoms with E-state index in [1.807, 2.05) is 42.5 Å². The van der Waals surface area contributed by atoms with Crippen LogP contribution in [0.4, 0.5) is 0 Å². The van der Waals surface area contributed by atoms with Gasteiger partial charge in [0.1, 0.15) is 12.4 Å². The van der Waals surface area contributed by atoms with Crippen molar-refractivity contribution >= 4 is 5.91 Å². The molecular weight excluding hydrogens is 302 g/mol. The van der Waals surface area contributed by atoms with E-state index in [0.29, 0.717) is 12.5 Å². The monoisotopic (exact) mass is 327 g/mol. The summed E-state index contributed by atoms with van der Waals surface area (Å²) >= 11 is 0. The molecule has 0 heterocycles. The molecule has 128 valence electrons. The van der Waals surface area contributed by atoms with Gasteiger partial charge in [-0.25, -0.2) is 0 Å². The molecule has 1 atom stereocenters. The van der Waals surface area contributed by atoms with Gasteiger partial charge in [-0.05, 0) is 35.6 Å². The lowest BCUT2D eigenvalue weighted by atomic mass is 9.90. The Morgan fingerprint density at radius 2 is 1.75 bits per heavy atom. The summed E-state index contributed by atoms with van der Waals surface area (Å²) in [6, 6.07) is 15.5. The summed E-state index contributed by atoms with van der Waals surface area (Å²) in [5.74, 6) is 0.687. The number of ether oxygens (including phenoxy) is 2. The van der Waals surface area contributed by atoms with Crippen LogP contribution in [0.15, 0.2) is 48.5 Å². The number of primary amides is 1. The van der Waals surface area contributed by atoms with Gasteiger partial charge in [-0.15, -0.1) is 0 Å². The lowest BCUT2D eigenvalue weighted by Crippen LogP contribution is -2.41. The van der Waals surface area contributed by atoms with Gasteiger partial charge in [0.05, 0.1) is 0 Å². The topological polar surface area (TPSA) is 61.5 Å². The Hall–Kier alpha value is -2.33. The van der Waals surface area contributed by atoms with Crippen molar-refractivity contribution in [1.82, 2.24) is 0 Å². The van der Waals surface area contributed by atoms with E-state index in [1.165, 1.54) is 7.11 Å². The van der Waals surface area contributed by atoms with Gasteiger partial charge in [-0.2, -0.15) is 0 Å². The van der Waals surface area contributed by atoms with Gasteiger partial charge in [-0.1, -0.05) is 56.3 Å². The van der Waals surface area contributed by atoms with E-state index in [1.54, 1.807) is 6.92 Å². The van der Waals surface area contributed by atoms with Crippen LogP contribution in [-0.2, 0) is 21.7 Å². The summed E-state index contributed by atoms with van der Waals surface area (Å²) < 4.78 is 11.4. The fraction of sp³-hybridized carbons (Fsp3) is 0.350. The molecule has 0 spiro atoms. The Morgan fingerprint density at radius 1 is 1.12 bits per heavy atom. The van der Waals surface area contributed by atoms with E-state index in [4.69, 9.17) is 15.2 Å². The summed E-state index contributed by atoms with van der Waals surface area (Å²) in [7, 11) is 1.48. The molecule has 2 N–H and O–H groups in total. The molecule has 2 aromatic rings. The summed E-state index contributed by atoms with van der Waals surface area (Å²) in [6.07, 6.45) is 0. The second-order valence-electron chi connectivity index (χ2n) is 6.24. The van der Waals surface area contributed by atoms with E-state index in [0.717, 1.165) is 22.4 Å². The third-order valence-corrected chi connectivity index (χ3v) is 4.33. The third-order valence-electron chi connectivity index (χ3n) is 4.33. The highest BCUT2D eigenvalue weighted by Crippen LogP contribution is 2.30. The minimum Gasteiger partial charge on any atom is -0.489 e. The molecule has 1 amide bonds. The van der Waals surface area contributed by atoms with Crippen molar-refractivity contribution in [2.45, 2.75) is 38.9 Å². The number of hydrogen-bond acceptors (Lipinski definition) is 3. The molecule has 0 saturated carbocycles. The fourth-order valence-corrected chi connectivity index (χ4v) is 2.70. The normalized spacial score (nSPS) is 13.5. The molecule has 24 heavy (non-hydrogen) atoms. The summed E-state index contributed by atoms with van der Waals surface area (Å²) in [5, 5.41) is 0. The number of carbonyl (C=O) groups excluding carboxylic acids is 1. The van der Waals surface area contributed by atoms with E-state index >= 15 is 0 Å². The molecule has 0 aliphatic rings. The molecule has 1 unspecified atom stereocenters. The highest BCUT2D eigenvalue weighted by molar-refractivity contribution is 5.85. The molecule has 4 nitrogen and oxygen atoms in total. The quantitative estimate of drug-likeness (QED) is 0.843. The maximum Gasteiger partial charge on any atom is 0.254 e. The first-order valence-corrected chi connectivity index (χ1v) is 8.05. The fourth-order valence-electron chi connectivity index (χ4n) is 2.70. The van der Waals surface area contributed by atoms with E-state index in [-0.39, 0.29) is 0 Å². The van der Waals surface area contributed by atoms with Crippen LogP contribution in [0.3, 0.4) is 0 Å². The highest BCUT2D eigenvalue weighted by atomic mass is 16.5. The van der Waals surface area contributed by atoms with Crippen molar-refractivity contribution in [3.63, 3.8) is 0 Å². The summed E-state index contributed by atoms with van der Waals surface area (Å²) in [6.45, 7) is 6.28. The average molecular weight is 327 g/mol. The van der Waals surface area contributed by atoms with Crippen molar-refractivity contribution in [3.05, 3.63) is 65.2 Å². The second kappa shape index (κ2) is 7.49. The van der Waals surface area contributed by atoms with E-state index in [2.05, 4.69) is 19.9 Å². The number of nitrogens with two attached hydrogens (primary N) is 1. The van der Waals surface area contributed by atoms with Gasteiger partial charge in [0, 0.05) is 7.11 Å². The van der Waals surface area contributed by atoms with E-state index in [9.17, 15) is 4.79 Å². The molecule has 2 rings (SSSR count). The number of carbonyl (C=O) groups is 1. The van der Waals surface area contributed by atoms with Gasteiger partial charge in [-0.3, -0.25) is 4.79 Å². The lowest BCUT2D eigenvalue weighted by Gasteiger charge is -2.27. The van der Waals surface area contributed by atoms with Crippen LogP contribution in [0.25, 0.3) is 0 Å². The van der Waals surface area contributed by atoms with Crippen molar-refractivity contribution in [2.75, 3.05) is 7.11 Å². The molecule has 0 radical (unpaired) electrons. The Kier molecular flexibility index (Phi) is 5.62. The number of amides is 1. The van der Waals surface area contributed by atoms with Crippen LogP contribution in [0.5, 0.6) is 5.75 Å². The van der Waals surface area contributed by atoms with Crippen LogP contribution in [0.2, 0.25) is 0 Å². The predicted octanol–water partition coefficient (Wildman–Crippen LogP) is 3.74. The molecule has 0 fully saturated rings. The van der Waals surface area contributed by atoms with Crippen LogP contribution in [0, 0.1) is 0 Å². The van der Waals surface area contributed by atoms with E-state index < -0.39 is 11.5 Å². The standard InChI is InChI=1S/C20H25NO3/c1-14(2)16-10-6-8-12-18(16)24-13-15-9-5-7-11-17(15)20(3,23-4)19(21)22/h5-12,14H,13H2,1-4H3,(H2,21,22). The van der Waals surface area contributed by atoms with Crippen molar-refractivity contribution < 1.29 is 14.3 Å². The molecule has 0 aliphatic carbocycles. The Balaban J connectivity index is 2.31. The van der Waals surface area contributed by atoms with Crippen molar-refractivity contribution in [1.29, 1.82) is 0 Å². The maximum atomic E-state index is 11.9. The van der Waals surface area contributed by atoms with Gasteiger partial charge >= 0.3 is 0 Å². The first kappa shape index (κ1) is 18.0. The zero-order valence-corrected chi connectivity index (χ0v) is 14.7. The second-order valence-corrected chi connectivity index (χ2v) is 6.24. The van der Waals surface area contributed by atoms with Crippen LogP contribution in [0.1, 0.15) is 43.4 Å². The summed E-state index contributed by atoms with van der Waals surface area (Å²) in [4.78, 5) is 11.9. The average Bonchev–Trinajstić information content (AvgIpc) is 2.59. The Morgan fingerprint density at radius 3 is 2.38 bits per heavy atom. The molecule has 0 bridgehead atoms. The Labute approximate surface area is 143 Å². The maximum absolute atomic E-state index is 11.9. The largest absolute Gasteiger partial charge is 0.489 e. The van der Waals surface area contributed by atoms with Gasteiger partial charge in [0.2, 0.25) is 0 Å². The zero-order chi connectivity index (χ0) is 17.7. The number of rotatable bonds is 7. The third kappa shape index (κ3) is 3.60. The molecule has 0 saturated heterocycles. The minimum absolute atomic E-state index is 0.339. The zero-order valence-electron chi connectivity index (χ0n) is 14.7. The van der Waals surface area contributed by atoms with Gasteiger partial charge in [0.25, 0.3) is 5.91 Å². The molecule has 0 aliphatic heterocycles. The number of benzene rings is 2. The lowest BCUT2D eigenvalue weighted by molar-refractivity contribution is -0.139. The van der Waals surface area contributed by atoms with Gasteiger partial charge < -0.3 is 15.2 Å². The van der Waals surface area contributed by atoms with Crippen molar-refractivity contribution in [3.8, 4) is 5.75 Å². The summed E-state index contributed by atoms with van der Waals surface area (Å²) in [5.41, 5.74) is 7.12. The van der Waals surface area contributed by atoms with Crippen LogP contribution >= 0.6 is 0 Å². The molecule has 0 aromatic heterocycles. The predicted molar refractivity (Wildman–Crippen MR) is 94.9 cm³/mol. The Bertz CT molecular complexity index is 712. The molecule has 4 heteroatoms. The first-order valence-electron chi connectivity index (χ1n) is 8.05. The molecule has 2 aromatic carbocycles. The molecular formula is C20H25NO3. The number of para-hydroxylation sites is 1. The highest BCUT2D eigenvalue weighted by Gasteiger charge is 2.35. The number of hydrogen-bond donors (Lipinski definition) is 1. The van der Waals surface area contributed by atoms with Crippen LogP contribution < -0.4 is 10.5 Å². The van der Waals surface area contributed by atoms with Crippen molar-refractivity contribution in [2.24, 2.45) is 5.73 Å². The first-order chi connectivity index (χ1) is 11.4. The van der Waals surface area contributed by atoms with Gasteiger partial charge in [0.15, 0.2) is 5.60 Å². The smallest absolute Gasteiger partial charge is 0.254 e. The van der Waals surface area contributed by atoms with Crippen LogP contribution in [-0.4, -0.2) is 13.0 Å². The number of methoxy groups -OCH3 is 1. The SMILES string of the molecule is COC(C)(C(N)=O)c1ccccc1COc1ccccc1C(C)C. The minimum atomic E-state index is -1.18.